The van der Waals surface area contributed by atoms with E-state index in [0.29, 0.717) is 5.56 Å². The second-order valence-corrected chi connectivity index (χ2v) is 3.51. The molecule has 0 bridgehead atoms. The fraction of sp³-hybridized carbons (Fsp3) is 0.400. The molecule has 13 heavy (non-hydrogen) atoms. The molecule has 3 N–H and O–H groups in total. The number of rotatable bonds is 2. The third kappa shape index (κ3) is 2.42. The van der Waals surface area contributed by atoms with Crippen molar-refractivity contribution in [3.63, 3.8) is 0 Å². The van der Waals surface area contributed by atoms with Crippen LogP contribution in [0.1, 0.15) is 25.5 Å². The third-order valence-electron chi connectivity index (χ3n) is 2.01. The SMILES string of the molecule is CC(C)[C@@H](N)c1cc(O)cc(F)c1. The predicted octanol–water partition coefficient (Wildman–Crippen LogP) is 2.19. The summed E-state index contributed by atoms with van der Waals surface area (Å²) in [5.41, 5.74) is 6.43. The summed E-state index contributed by atoms with van der Waals surface area (Å²) < 4.78 is 12.8. The molecule has 0 saturated carbocycles. The minimum absolute atomic E-state index is 0.0777. The van der Waals surface area contributed by atoms with Gasteiger partial charge in [0.05, 0.1) is 0 Å². The maximum atomic E-state index is 12.8. The molecule has 0 spiro atoms. The molecule has 2 nitrogen and oxygen atoms in total. The highest BCUT2D eigenvalue weighted by Gasteiger charge is 2.11. The Bertz CT molecular complexity index is 279. The van der Waals surface area contributed by atoms with Gasteiger partial charge in [-0.1, -0.05) is 13.8 Å². The van der Waals surface area contributed by atoms with Crippen molar-refractivity contribution in [3.8, 4) is 5.75 Å². The van der Waals surface area contributed by atoms with Gasteiger partial charge in [-0.3, -0.25) is 0 Å². The van der Waals surface area contributed by atoms with Gasteiger partial charge >= 0.3 is 0 Å². The van der Waals surface area contributed by atoms with Crippen molar-refractivity contribution in [2.45, 2.75) is 19.9 Å². The van der Waals surface area contributed by atoms with Gasteiger partial charge in [-0.25, -0.2) is 4.39 Å². The number of halogens is 1. The van der Waals surface area contributed by atoms with Crippen molar-refractivity contribution < 1.29 is 9.50 Å². The molecule has 0 aliphatic carbocycles. The van der Waals surface area contributed by atoms with Crippen LogP contribution in [-0.2, 0) is 0 Å². The van der Waals surface area contributed by atoms with Crippen molar-refractivity contribution in [1.82, 2.24) is 0 Å². The van der Waals surface area contributed by atoms with Crippen LogP contribution >= 0.6 is 0 Å². The van der Waals surface area contributed by atoms with Gasteiger partial charge in [-0.15, -0.1) is 0 Å². The highest BCUT2D eigenvalue weighted by Crippen LogP contribution is 2.23. The van der Waals surface area contributed by atoms with E-state index in [9.17, 15) is 4.39 Å². The molecule has 0 amide bonds. The van der Waals surface area contributed by atoms with Crippen LogP contribution in [-0.4, -0.2) is 5.11 Å². The molecule has 0 aromatic heterocycles. The lowest BCUT2D eigenvalue weighted by Gasteiger charge is -2.16. The molecule has 72 valence electrons. The molecule has 0 saturated heterocycles. The van der Waals surface area contributed by atoms with E-state index >= 15 is 0 Å². The topological polar surface area (TPSA) is 46.2 Å². The lowest BCUT2D eigenvalue weighted by atomic mass is 9.97. The lowest BCUT2D eigenvalue weighted by molar-refractivity contribution is 0.460. The van der Waals surface area contributed by atoms with E-state index in [4.69, 9.17) is 10.8 Å². The number of nitrogens with two attached hydrogens (primary N) is 1. The van der Waals surface area contributed by atoms with Gasteiger partial charge in [-0.2, -0.15) is 0 Å². The zero-order valence-corrected chi connectivity index (χ0v) is 7.79. The summed E-state index contributed by atoms with van der Waals surface area (Å²) in [6.45, 7) is 3.90. The second kappa shape index (κ2) is 3.75. The molecule has 0 radical (unpaired) electrons. The first kappa shape index (κ1) is 9.99. The van der Waals surface area contributed by atoms with Crippen LogP contribution in [0, 0.1) is 11.7 Å². The van der Waals surface area contributed by atoms with E-state index in [1.54, 1.807) is 0 Å². The second-order valence-electron chi connectivity index (χ2n) is 3.51. The summed E-state index contributed by atoms with van der Waals surface area (Å²) in [5.74, 6) is -0.307. The van der Waals surface area contributed by atoms with E-state index in [2.05, 4.69) is 0 Å². The summed E-state index contributed by atoms with van der Waals surface area (Å²) >= 11 is 0. The number of phenols is 1. The fourth-order valence-electron chi connectivity index (χ4n) is 1.17. The van der Waals surface area contributed by atoms with Crippen molar-refractivity contribution in [1.29, 1.82) is 0 Å². The van der Waals surface area contributed by atoms with Gasteiger partial charge in [0.25, 0.3) is 0 Å². The van der Waals surface area contributed by atoms with Gasteiger partial charge in [0.1, 0.15) is 11.6 Å². The van der Waals surface area contributed by atoms with E-state index in [0.717, 1.165) is 6.07 Å². The van der Waals surface area contributed by atoms with Gasteiger partial charge in [0, 0.05) is 12.1 Å². The first-order chi connectivity index (χ1) is 6.00. The third-order valence-corrected chi connectivity index (χ3v) is 2.01. The molecular weight excluding hydrogens is 169 g/mol. The normalized spacial score (nSPS) is 13.3. The van der Waals surface area contributed by atoms with Crippen molar-refractivity contribution in [2.75, 3.05) is 0 Å². The van der Waals surface area contributed by atoms with Gasteiger partial charge in [0.15, 0.2) is 0 Å². The molecule has 3 heteroatoms. The Kier molecular flexibility index (Phi) is 2.88. The molecule has 1 aromatic carbocycles. The molecule has 1 atom stereocenters. The van der Waals surface area contributed by atoms with Crippen LogP contribution in [0.3, 0.4) is 0 Å². The summed E-state index contributed by atoms with van der Waals surface area (Å²) in [5, 5.41) is 9.13. The van der Waals surface area contributed by atoms with E-state index in [1.807, 2.05) is 13.8 Å². The van der Waals surface area contributed by atoms with Crippen LogP contribution in [0.5, 0.6) is 5.75 Å². The zero-order chi connectivity index (χ0) is 10.0. The Hall–Kier alpha value is -1.09. The quantitative estimate of drug-likeness (QED) is 0.738. The highest BCUT2D eigenvalue weighted by molar-refractivity contribution is 5.30. The minimum Gasteiger partial charge on any atom is -0.508 e. The molecule has 1 rings (SSSR count). The monoisotopic (exact) mass is 183 g/mol. The number of phenolic OH excluding ortho intramolecular Hbond substituents is 1. The van der Waals surface area contributed by atoms with Crippen LogP contribution in [0.15, 0.2) is 18.2 Å². The Morgan fingerprint density at radius 3 is 2.38 bits per heavy atom. The summed E-state index contributed by atoms with van der Waals surface area (Å²) in [7, 11) is 0. The average Bonchev–Trinajstić information content (AvgIpc) is 2.01. The molecule has 1 aromatic rings. The van der Waals surface area contributed by atoms with Gasteiger partial charge in [0.2, 0.25) is 0 Å². The van der Waals surface area contributed by atoms with Gasteiger partial charge < -0.3 is 10.8 Å². The number of hydrogen-bond donors (Lipinski definition) is 2. The maximum Gasteiger partial charge on any atom is 0.127 e. The van der Waals surface area contributed by atoms with E-state index in [1.165, 1.54) is 12.1 Å². The first-order valence-corrected chi connectivity index (χ1v) is 4.25. The van der Waals surface area contributed by atoms with Crippen molar-refractivity contribution >= 4 is 0 Å². The standard InChI is InChI=1S/C10H14FNO/c1-6(2)10(12)7-3-8(11)5-9(13)4-7/h3-6,10,13H,12H2,1-2H3/t10-/m1/s1. The number of aromatic hydroxyl groups is 1. The van der Waals surface area contributed by atoms with Crippen molar-refractivity contribution in [3.05, 3.63) is 29.6 Å². The van der Waals surface area contributed by atoms with Gasteiger partial charge in [-0.05, 0) is 23.6 Å². The molecule has 0 aliphatic rings. The average molecular weight is 183 g/mol. The molecular formula is C10H14FNO. The highest BCUT2D eigenvalue weighted by atomic mass is 19.1. The van der Waals surface area contributed by atoms with Crippen molar-refractivity contribution in [2.24, 2.45) is 11.7 Å². The fourth-order valence-corrected chi connectivity index (χ4v) is 1.17. The summed E-state index contributed by atoms with van der Waals surface area (Å²) in [6, 6.07) is 3.68. The number of hydrogen-bond acceptors (Lipinski definition) is 2. The Morgan fingerprint density at radius 1 is 1.31 bits per heavy atom. The summed E-state index contributed by atoms with van der Waals surface area (Å²) in [6.07, 6.45) is 0. The Morgan fingerprint density at radius 2 is 1.92 bits per heavy atom. The molecule has 0 unspecified atom stereocenters. The van der Waals surface area contributed by atoms with Crippen LogP contribution < -0.4 is 5.73 Å². The van der Waals surface area contributed by atoms with Crippen LogP contribution in [0.2, 0.25) is 0 Å². The smallest absolute Gasteiger partial charge is 0.127 e. The maximum absolute atomic E-state index is 12.8. The lowest BCUT2D eigenvalue weighted by Crippen LogP contribution is -2.16. The number of benzene rings is 1. The van der Waals surface area contributed by atoms with E-state index in [-0.39, 0.29) is 17.7 Å². The van der Waals surface area contributed by atoms with Crippen LogP contribution in [0.4, 0.5) is 4.39 Å². The van der Waals surface area contributed by atoms with Crippen LogP contribution in [0.25, 0.3) is 0 Å². The zero-order valence-electron chi connectivity index (χ0n) is 7.79. The minimum atomic E-state index is -0.453. The predicted molar refractivity (Wildman–Crippen MR) is 49.8 cm³/mol. The Labute approximate surface area is 77.2 Å². The Balaban J connectivity index is 3.01. The first-order valence-electron chi connectivity index (χ1n) is 4.25. The van der Waals surface area contributed by atoms with E-state index < -0.39 is 5.82 Å². The molecule has 0 heterocycles. The molecule has 0 aliphatic heterocycles. The largest absolute Gasteiger partial charge is 0.508 e. The summed E-state index contributed by atoms with van der Waals surface area (Å²) in [4.78, 5) is 0. The molecule has 0 fully saturated rings.